The van der Waals surface area contributed by atoms with Crippen LogP contribution in [-0.4, -0.2) is 54.9 Å². The van der Waals surface area contributed by atoms with Gasteiger partial charge in [0.25, 0.3) is 0 Å². The summed E-state index contributed by atoms with van der Waals surface area (Å²) in [6.45, 7) is 5.15. The lowest BCUT2D eigenvalue weighted by molar-refractivity contribution is -0.137. The number of piperidine rings is 1. The van der Waals surface area contributed by atoms with E-state index in [9.17, 15) is 13.2 Å². The van der Waals surface area contributed by atoms with Gasteiger partial charge in [-0.15, -0.1) is 0 Å². The number of aliphatic carboxylic acids is 1. The zero-order valence-electron chi connectivity index (χ0n) is 25.3. The van der Waals surface area contributed by atoms with E-state index < -0.39 is 21.1 Å². The van der Waals surface area contributed by atoms with E-state index >= 15 is 0 Å². The first-order valence-electron chi connectivity index (χ1n) is 14.9. The molecule has 10 nitrogen and oxygen atoms in total. The average Bonchev–Trinajstić information content (AvgIpc) is 3.01. The number of para-hydroxylation sites is 2. The van der Waals surface area contributed by atoms with E-state index in [-0.39, 0.29) is 11.3 Å². The number of carboxylic acid groups (broad SMARTS) is 1. The number of nitrogens with zero attached hydrogens (tertiary/aromatic N) is 3. The smallest absolute Gasteiger partial charge is 0.303 e. The number of methoxy groups -OCH3 is 1. The third-order valence-corrected chi connectivity index (χ3v) is 10.3. The largest absolute Gasteiger partial charge is 0.494 e. The predicted molar refractivity (Wildman–Crippen MR) is 174 cm³/mol. The van der Waals surface area contributed by atoms with Gasteiger partial charge in [-0.3, -0.25) is 4.79 Å². The summed E-state index contributed by atoms with van der Waals surface area (Å²) in [6, 6.07) is 20.4. The lowest BCUT2D eigenvalue weighted by Crippen LogP contribution is -2.33. The van der Waals surface area contributed by atoms with Crippen molar-refractivity contribution in [3.63, 3.8) is 0 Å². The SMILES string of the molecule is COc1cc(N2CCC(CCCC(=O)O)CC2)ccc1Nc1nc(Nc2ccccc2S(=O)(=O)C(C)C)c2ccccc2n1. The van der Waals surface area contributed by atoms with Gasteiger partial charge in [0.15, 0.2) is 9.84 Å². The van der Waals surface area contributed by atoms with Crippen LogP contribution in [0.4, 0.5) is 28.8 Å². The normalized spacial score (nSPS) is 14.1. The molecular weight excluding hydrogens is 578 g/mol. The molecule has 11 heteroatoms. The van der Waals surface area contributed by atoms with Crippen LogP contribution >= 0.6 is 0 Å². The van der Waals surface area contributed by atoms with E-state index in [1.54, 1.807) is 45.2 Å². The van der Waals surface area contributed by atoms with Crippen molar-refractivity contribution in [3.8, 4) is 5.75 Å². The van der Waals surface area contributed by atoms with Crippen molar-refractivity contribution in [1.82, 2.24) is 9.97 Å². The van der Waals surface area contributed by atoms with Gasteiger partial charge in [-0.2, -0.15) is 4.98 Å². The van der Waals surface area contributed by atoms with Crippen LogP contribution in [0.5, 0.6) is 5.75 Å². The summed E-state index contributed by atoms with van der Waals surface area (Å²) in [5.74, 6) is 1.28. The molecule has 5 rings (SSSR count). The Kier molecular flexibility index (Phi) is 9.53. The highest BCUT2D eigenvalue weighted by atomic mass is 32.2. The Bertz CT molecular complexity index is 1740. The molecule has 3 N–H and O–H groups in total. The Hall–Kier alpha value is -4.38. The van der Waals surface area contributed by atoms with Gasteiger partial charge in [0, 0.05) is 36.7 Å². The molecule has 1 fully saturated rings. The Labute approximate surface area is 258 Å². The predicted octanol–water partition coefficient (Wildman–Crippen LogP) is 6.78. The van der Waals surface area contributed by atoms with Crippen molar-refractivity contribution >= 4 is 55.5 Å². The summed E-state index contributed by atoms with van der Waals surface area (Å²) in [6.07, 6.45) is 3.98. The number of benzene rings is 3. The third kappa shape index (κ3) is 7.05. The second kappa shape index (κ2) is 13.5. The molecule has 0 unspecified atom stereocenters. The summed E-state index contributed by atoms with van der Waals surface area (Å²) in [5, 5.41) is 15.7. The first kappa shape index (κ1) is 31.1. The van der Waals surface area contributed by atoms with Crippen LogP contribution in [-0.2, 0) is 14.6 Å². The maximum absolute atomic E-state index is 13.1. The number of sulfone groups is 1. The number of rotatable bonds is 12. The highest BCUT2D eigenvalue weighted by Crippen LogP contribution is 2.35. The lowest BCUT2D eigenvalue weighted by atomic mass is 9.91. The quantitative estimate of drug-likeness (QED) is 0.156. The van der Waals surface area contributed by atoms with Crippen LogP contribution in [0.2, 0.25) is 0 Å². The van der Waals surface area contributed by atoms with Crippen LogP contribution in [0, 0.1) is 5.92 Å². The lowest BCUT2D eigenvalue weighted by Gasteiger charge is -2.34. The maximum atomic E-state index is 13.1. The van der Waals surface area contributed by atoms with E-state index in [2.05, 4.69) is 15.5 Å². The second-order valence-corrected chi connectivity index (χ2v) is 13.8. The number of hydrogen-bond donors (Lipinski definition) is 3. The fourth-order valence-corrected chi connectivity index (χ4v) is 6.75. The standard InChI is InChI=1S/C33H39N5O5S/c1-22(2)44(41,42)30-13-7-6-12-28(30)34-32-25-10-4-5-11-26(25)35-33(37-32)36-27-16-15-24(21-29(27)43-3)38-19-17-23(18-20-38)9-8-14-31(39)40/h4-7,10-13,15-16,21-23H,8-9,14,17-20H2,1-3H3,(H,39,40)(H2,34,35,36,37). The van der Waals surface area contributed by atoms with Crippen molar-refractivity contribution in [1.29, 1.82) is 0 Å². The van der Waals surface area contributed by atoms with Crippen LogP contribution in [0.3, 0.4) is 0 Å². The van der Waals surface area contributed by atoms with Crippen molar-refractivity contribution in [2.75, 3.05) is 35.7 Å². The maximum Gasteiger partial charge on any atom is 0.303 e. The number of anilines is 5. The molecular formula is C33H39N5O5S. The van der Waals surface area contributed by atoms with Gasteiger partial charge in [0.2, 0.25) is 5.95 Å². The number of hydrogen-bond acceptors (Lipinski definition) is 9. The third-order valence-electron chi connectivity index (χ3n) is 8.08. The summed E-state index contributed by atoms with van der Waals surface area (Å²) in [7, 11) is -1.91. The molecule has 0 bridgehead atoms. The summed E-state index contributed by atoms with van der Waals surface area (Å²) < 4.78 is 31.9. The van der Waals surface area contributed by atoms with Crippen LogP contribution in [0.1, 0.15) is 46.0 Å². The van der Waals surface area contributed by atoms with Gasteiger partial charge in [-0.05, 0) is 81.8 Å². The average molecular weight is 618 g/mol. The minimum Gasteiger partial charge on any atom is -0.494 e. The number of carbonyl (C=O) groups is 1. The Morgan fingerprint density at radius 1 is 1.00 bits per heavy atom. The van der Waals surface area contributed by atoms with Gasteiger partial charge >= 0.3 is 5.97 Å². The number of carboxylic acids is 1. The highest BCUT2D eigenvalue weighted by molar-refractivity contribution is 7.92. The van der Waals surface area contributed by atoms with E-state index in [1.165, 1.54) is 0 Å². The van der Waals surface area contributed by atoms with Crippen LogP contribution < -0.4 is 20.3 Å². The fraction of sp³-hybridized carbons (Fsp3) is 0.364. The number of ether oxygens (including phenoxy) is 1. The van der Waals surface area contributed by atoms with Crippen molar-refractivity contribution in [3.05, 3.63) is 66.7 Å². The number of nitrogens with one attached hydrogen (secondary N) is 2. The molecule has 1 aliphatic rings. The molecule has 1 saturated heterocycles. The summed E-state index contributed by atoms with van der Waals surface area (Å²) in [5.41, 5.74) is 2.90. The molecule has 4 aromatic rings. The van der Waals surface area contributed by atoms with Gasteiger partial charge in [0.05, 0.1) is 34.1 Å². The Morgan fingerprint density at radius 2 is 1.73 bits per heavy atom. The van der Waals surface area contributed by atoms with Crippen LogP contribution in [0.25, 0.3) is 10.9 Å². The fourth-order valence-electron chi connectivity index (χ4n) is 5.55. The molecule has 3 aromatic carbocycles. The highest BCUT2D eigenvalue weighted by Gasteiger charge is 2.24. The molecule has 0 atom stereocenters. The van der Waals surface area contributed by atoms with E-state index in [1.807, 2.05) is 42.5 Å². The molecule has 1 aromatic heterocycles. The molecule has 0 saturated carbocycles. The topological polar surface area (TPSA) is 134 Å². The first-order chi connectivity index (χ1) is 21.2. The van der Waals surface area contributed by atoms with E-state index in [0.29, 0.717) is 40.3 Å². The molecule has 232 valence electrons. The first-order valence-corrected chi connectivity index (χ1v) is 16.5. The van der Waals surface area contributed by atoms with Crippen molar-refractivity contribution < 1.29 is 23.1 Å². The summed E-state index contributed by atoms with van der Waals surface area (Å²) >= 11 is 0. The van der Waals surface area contributed by atoms with Crippen LogP contribution in [0.15, 0.2) is 71.6 Å². The zero-order valence-corrected chi connectivity index (χ0v) is 26.1. The van der Waals surface area contributed by atoms with E-state index in [4.69, 9.17) is 19.8 Å². The molecule has 0 spiro atoms. The Balaban J connectivity index is 1.37. The number of fused-ring (bicyclic) bond motifs is 1. The van der Waals surface area contributed by atoms with Gasteiger partial charge in [-0.1, -0.05) is 24.3 Å². The molecule has 2 heterocycles. The molecule has 1 aliphatic heterocycles. The minimum absolute atomic E-state index is 0.216. The Morgan fingerprint density at radius 3 is 2.45 bits per heavy atom. The summed E-state index contributed by atoms with van der Waals surface area (Å²) in [4.78, 5) is 22.9. The molecule has 0 radical (unpaired) electrons. The molecule has 44 heavy (non-hydrogen) atoms. The van der Waals surface area contributed by atoms with Gasteiger partial charge in [0.1, 0.15) is 11.6 Å². The minimum atomic E-state index is -3.54. The van der Waals surface area contributed by atoms with Gasteiger partial charge < -0.3 is 25.4 Å². The molecule has 0 amide bonds. The van der Waals surface area contributed by atoms with E-state index in [0.717, 1.165) is 49.8 Å². The second-order valence-electron chi connectivity index (χ2n) is 11.4. The van der Waals surface area contributed by atoms with Gasteiger partial charge in [-0.25, -0.2) is 13.4 Å². The monoisotopic (exact) mass is 617 g/mol. The zero-order chi connectivity index (χ0) is 31.3. The molecule has 0 aliphatic carbocycles. The van der Waals surface area contributed by atoms with Crippen molar-refractivity contribution in [2.45, 2.75) is 56.1 Å². The number of aromatic nitrogens is 2. The van der Waals surface area contributed by atoms with Crippen molar-refractivity contribution in [2.24, 2.45) is 5.92 Å².